The zero-order valence-corrected chi connectivity index (χ0v) is 11.5. The van der Waals surface area contributed by atoms with Crippen molar-refractivity contribution in [1.29, 1.82) is 0 Å². The predicted molar refractivity (Wildman–Crippen MR) is 81.0 cm³/mol. The van der Waals surface area contributed by atoms with E-state index < -0.39 is 0 Å². The lowest BCUT2D eigenvalue weighted by molar-refractivity contribution is 0.614. The Bertz CT molecular complexity index is 719. The Kier molecular flexibility index (Phi) is 2.62. The molecule has 0 aliphatic rings. The molecule has 0 spiro atoms. The van der Waals surface area contributed by atoms with Crippen LogP contribution in [0.3, 0.4) is 0 Å². The highest BCUT2D eigenvalue weighted by molar-refractivity contribution is 14.1. The van der Waals surface area contributed by atoms with E-state index in [-0.39, 0.29) is 0 Å². The highest BCUT2D eigenvalue weighted by Gasteiger charge is 2.14. The summed E-state index contributed by atoms with van der Waals surface area (Å²) in [6.07, 6.45) is 3.41. The molecule has 0 bridgehead atoms. The molecule has 0 radical (unpaired) electrons. The summed E-state index contributed by atoms with van der Waals surface area (Å²) in [5.41, 5.74) is 15.1. The van der Waals surface area contributed by atoms with Gasteiger partial charge in [0.1, 0.15) is 5.82 Å². The zero-order chi connectivity index (χ0) is 12.7. The first-order valence-electron chi connectivity index (χ1n) is 5.34. The zero-order valence-electron chi connectivity index (χ0n) is 9.35. The molecule has 3 aromatic rings. The van der Waals surface area contributed by atoms with Crippen LogP contribution in [0.2, 0.25) is 0 Å². The maximum Gasteiger partial charge on any atom is 0.153 e. The summed E-state index contributed by atoms with van der Waals surface area (Å²) in [6, 6.07) is 7.59. The van der Waals surface area contributed by atoms with Gasteiger partial charge in [0.25, 0.3) is 0 Å². The molecule has 0 amide bonds. The Balaban J connectivity index is 2.30. The maximum absolute atomic E-state index is 5.94. The van der Waals surface area contributed by atoms with Gasteiger partial charge in [-0.1, -0.05) is 12.1 Å². The molecule has 1 aromatic carbocycles. The molecule has 0 unspecified atom stereocenters. The molecule has 18 heavy (non-hydrogen) atoms. The van der Waals surface area contributed by atoms with Crippen LogP contribution in [0, 0.1) is 3.57 Å². The Hall–Kier alpha value is -1.76. The van der Waals surface area contributed by atoms with Crippen molar-refractivity contribution < 1.29 is 4.42 Å². The first-order valence-corrected chi connectivity index (χ1v) is 6.42. The van der Waals surface area contributed by atoms with Gasteiger partial charge in [-0.25, -0.2) is 4.98 Å². The number of rotatable bonds is 1. The normalized spacial score (nSPS) is 10.9. The number of benzene rings is 1. The predicted octanol–water partition coefficient (Wildman–Crippen LogP) is 3.26. The third kappa shape index (κ3) is 1.71. The van der Waals surface area contributed by atoms with E-state index in [4.69, 9.17) is 15.9 Å². The fourth-order valence-corrected chi connectivity index (χ4v) is 2.45. The van der Waals surface area contributed by atoms with Gasteiger partial charge in [-0.3, -0.25) is 0 Å². The minimum atomic E-state index is 0.478. The van der Waals surface area contributed by atoms with Gasteiger partial charge in [-0.15, -0.1) is 0 Å². The number of aromatic nitrogens is 1. The first kappa shape index (κ1) is 11.3. The van der Waals surface area contributed by atoms with Gasteiger partial charge in [0.05, 0.1) is 15.2 Å². The van der Waals surface area contributed by atoms with Crippen LogP contribution in [0.1, 0.15) is 0 Å². The quantitative estimate of drug-likeness (QED) is 0.521. The van der Waals surface area contributed by atoms with Crippen LogP contribution in [0.15, 0.2) is 41.1 Å². The summed E-state index contributed by atoms with van der Waals surface area (Å²) in [6.45, 7) is 0. The summed E-state index contributed by atoms with van der Waals surface area (Å²) in [4.78, 5) is 4.17. The number of halogens is 1. The summed E-state index contributed by atoms with van der Waals surface area (Å²) < 4.78 is 6.53. The van der Waals surface area contributed by atoms with Gasteiger partial charge in [-0.2, -0.15) is 0 Å². The molecular formula is C13H10IN3O. The second-order valence-corrected chi connectivity index (χ2v) is 5.13. The Morgan fingerprint density at radius 2 is 1.83 bits per heavy atom. The average molecular weight is 351 g/mol. The van der Waals surface area contributed by atoms with E-state index in [9.17, 15) is 0 Å². The smallest absolute Gasteiger partial charge is 0.153 e. The molecule has 0 aliphatic carbocycles. The third-order valence-corrected chi connectivity index (χ3v) is 3.57. The lowest BCUT2D eigenvalue weighted by atomic mass is 10.1. The van der Waals surface area contributed by atoms with Crippen molar-refractivity contribution in [2.75, 3.05) is 11.5 Å². The minimum absolute atomic E-state index is 0.478. The molecule has 4 nitrogen and oxygen atoms in total. The Labute approximate surface area is 117 Å². The molecule has 90 valence electrons. The van der Waals surface area contributed by atoms with Crippen LogP contribution in [-0.4, -0.2) is 4.98 Å². The fourth-order valence-electron chi connectivity index (χ4n) is 1.91. The highest BCUT2D eigenvalue weighted by Crippen LogP contribution is 2.35. The summed E-state index contributed by atoms with van der Waals surface area (Å²) >= 11 is 2.18. The number of nitrogens with zero attached hydrogens (tertiary/aromatic N) is 1. The van der Waals surface area contributed by atoms with E-state index in [1.807, 2.05) is 24.3 Å². The van der Waals surface area contributed by atoms with Crippen molar-refractivity contribution in [2.45, 2.75) is 0 Å². The molecule has 2 heterocycles. The van der Waals surface area contributed by atoms with Crippen molar-refractivity contribution in [3.05, 3.63) is 40.3 Å². The molecule has 0 saturated heterocycles. The van der Waals surface area contributed by atoms with Crippen LogP contribution in [-0.2, 0) is 0 Å². The van der Waals surface area contributed by atoms with Gasteiger partial charge in [0.15, 0.2) is 5.58 Å². The van der Waals surface area contributed by atoms with Crippen LogP contribution >= 0.6 is 22.6 Å². The van der Waals surface area contributed by atoms with Crippen molar-refractivity contribution >= 4 is 45.1 Å². The van der Waals surface area contributed by atoms with Crippen molar-refractivity contribution in [2.24, 2.45) is 0 Å². The number of pyridine rings is 1. The Morgan fingerprint density at radius 1 is 1.11 bits per heavy atom. The lowest BCUT2D eigenvalue weighted by Gasteiger charge is -2.02. The van der Waals surface area contributed by atoms with Gasteiger partial charge >= 0.3 is 0 Å². The van der Waals surface area contributed by atoms with E-state index >= 15 is 0 Å². The standard InChI is InChI=1S/C13H10IN3O/c14-10-5-17-13(16)11-9(6-18-12(10)11)7-1-3-8(15)4-2-7/h1-6H,15H2,(H2,16,17). The summed E-state index contributed by atoms with van der Waals surface area (Å²) in [7, 11) is 0. The largest absolute Gasteiger partial charge is 0.462 e. The number of nitrogens with two attached hydrogens (primary N) is 2. The average Bonchev–Trinajstić information content (AvgIpc) is 2.81. The molecule has 0 fully saturated rings. The third-order valence-electron chi connectivity index (χ3n) is 2.80. The van der Waals surface area contributed by atoms with Crippen LogP contribution in [0.5, 0.6) is 0 Å². The highest BCUT2D eigenvalue weighted by atomic mass is 127. The van der Waals surface area contributed by atoms with E-state index in [1.165, 1.54) is 0 Å². The lowest BCUT2D eigenvalue weighted by Crippen LogP contribution is -1.92. The van der Waals surface area contributed by atoms with Crippen LogP contribution in [0.4, 0.5) is 11.5 Å². The first-order chi connectivity index (χ1) is 8.66. The molecule has 0 saturated carbocycles. The molecule has 5 heteroatoms. The van der Waals surface area contributed by atoms with E-state index in [0.29, 0.717) is 5.82 Å². The second kappa shape index (κ2) is 4.16. The van der Waals surface area contributed by atoms with E-state index in [0.717, 1.165) is 31.4 Å². The van der Waals surface area contributed by atoms with E-state index in [1.54, 1.807) is 12.5 Å². The minimum Gasteiger partial charge on any atom is -0.462 e. The number of hydrogen-bond donors (Lipinski definition) is 2. The number of hydrogen-bond acceptors (Lipinski definition) is 4. The molecular weight excluding hydrogens is 341 g/mol. The summed E-state index contributed by atoms with van der Waals surface area (Å²) in [5.74, 6) is 0.478. The molecule has 0 atom stereocenters. The second-order valence-electron chi connectivity index (χ2n) is 3.97. The van der Waals surface area contributed by atoms with Gasteiger partial charge in [-0.05, 0) is 40.3 Å². The van der Waals surface area contributed by atoms with Gasteiger partial charge < -0.3 is 15.9 Å². The van der Waals surface area contributed by atoms with Crippen molar-refractivity contribution in [3.8, 4) is 11.1 Å². The van der Waals surface area contributed by atoms with Crippen molar-refractivity contribution in [3.63, 3.8) is 0 Å². The maximum atomic E-state index is 5.94. The molecule has 2 aromatic heterocycles. The topological polar surface area (TPSA) is 78.1 Å². The fraction of sp³-hybridized carbons (Fsp3) is 0. The van der Waals surface area contributed by atoms with Gasteiger partial charge in [0, 0.05) is 17.4 Å². The van der Waals surface area contributed by atoms with Crippen LogP contribution in [0.25, 0.3) is 22.1 Å². The number of fused-ring (bicyclic) bond motifs is 1. The van der Waals surface area contributed by atoms with Gasteiger partial charge in [0.2, 0.25) is 0 Å². The van der Waals surface area contributed by atoms with E-state index in [2.05, 4.69) is 27.6 Å². The molecule has 4 N–H and O–H groups in total. The SMILES string of the molecule is Nc1ccc(-c2coc3c(I)cnc(N)c23)cc1. The van der Waals surface area contributed by atoms with Crippen LogP contribution < -0.4 is 11.5 Å². The summed E-state index contributed by atoms with van der Waals surface area (Å²) in [5, 5.41) is 0.853. The number of anilines is 2. The molecule has 3 rings (SSSR count). The van der Waals surface area contributed by atoms with Crippen molar-refractivity contribution in [1.82, 2.24) is 4.98 Å². The monoisotopic (exact) mass is 351 g/mol. The number of furan rings is 1. The Morgan fingerprint density at radius 3 is 2.56 bits per heavy atom. The molecule has 0 aliphatic heterocycles. The number of nitrogen functional groups attached to an aromatic ring is 2.